The minimum Gasteiger partial charge on any atom is -0.508 e. The van der Waals surface area contributed by atoms with Crippen LogP contribution in [0, 0.1) is 24.2 Å². The molecule has 1 N–H and O–H groups in total. The van der Waals surface area contributed by atoms with Crippen molar-refractivity contribution in [2.24, 2.45) is 5.92 Å². The molecule has 0 heterocycles. The molecular weight excluding hydrogens is 216 g/mol. The molecule has 1 rings (SSSR count). The molecule has 1 atom stereocenters. The molecule has 0 aliphatic rings. The van der Waals surface area contributed by atoms with Crippen molar-refractivity contribution in [3.8, 4) is 11.8 Å². The van der Waals surface area contributed by atoms with E-state index in [-0.39, 0.29) is 17.6 Å². The molecule has 1 aromatic carbocycles. The van der Waals surface area contributed by atoms with E-state index in [1.54, 1.807) is 39.1 Å². The lowest BCUT2D eigenvalue weighted by Crippen LogP contribution is -2.31. The van der Waals surface area contributed by atoms with Crippen molar-refractivity contribution in [1.29, 1.82) is 5.26 Å². The number of carbonyl (C=O) groups excluding carboxylic acids is 1. The summed E-state index contributed by atoms with van der Waals surface area (Å²) in [6.45, 7) is 3.84. The van der Waals surface area contributed by atoms with E-state index in [9.17, 15) is 9.90 Å². The Bertz CT molecular complexity index is 463. The van der Waals surface area contributed by atoms with Gasteiger partial charge in [0.15, 0.2) is 0 Å². The Kier molecular flexibility index (Phi) is 4.11. The number of aromatic hydroxyl groups is 1. The summed E-state index contributed by atoms with van der Waals surface area (Å²) in [5.41, 5.74) is 1.03. The van der Waals surface area contributed by atoms with Crippen molar-refractivity contribution in [2.75, 3.05) is 13.6 Å². The van der Waals surface area contributed by atoms with Crippen LogP contribution in [0.2, 0.25) is 0 Å². The third kappa shape index (κ3) is 2.97. The molecule has 0 radical (unpaired) electrons. The van der Waals surface area contributed by atoms with Crippen LogP contribution in [-0.4, -0.2) is 29.5 Å². The van der Waals surface area contributed by atoms with Crippen LogP contribution >= 0.6 is 0 Å². The lowest BCUT2D eigenvalue weighted by atomic mass is 10.1. The quantitative estimate of drug-likeness (QED) is 0.866. The maximum atomic E-state index is 12.1. The summed E-state index contributed by atoms with van der Waals surface area (Å²) in [4.78, 5) is 13.6. The Morgan fingerprint density at radius 2 is 2.24 bits per heavy atom. The largest absolute Gasteiger partial charge is 0.508 e. The standard InChI is InChI=1S/C13H16N2O2/c1-9(7-14)8-15(3)13(17)11-5-4-6-12(16)10(11)2/h4-6,9,16H,8H2,1-3H3. The molecule has 0 bridgehead atoms. The average molecular weight is 232 g/mol. The zero-order chi connectivity index (χ0) is 13.0. The van der Waals surface area contributed by atoms with Gasteiger partial charge in [0.1, 0.15) is 5.75 Å². The number of nitrogens with zero attached hydrogens (tertiary/aromatic N) is 2. The van der Waals surface area contributed by atoms with Crippen LogP contribution in [0.25, 0.3) is 0 Å². The molecule has 17 heavy (non-hydrogen) atoms. The van der Waals surface area contributed by atoms with Gasteiger partial charge in [-0.25, -0.2) is 0 Å². The number of phenolic OH excluding ortho intramolecular Hbond substituents is 1. The van der Waals surface area contributed by atoms with Crippen molar-refractivity contribution in [3.05, 3.63) is 29.3 Å². The van der Waals surface area contributed by atoms with Crippen molar-refractivity contribution in [2.45, 2.75) is 13.8 Å². The fourth-order valence-corrected chi connectivity index (χ4v) is 1.60. The molecule has 1 unspecified atom stereocenters. The van der Waals surface area contributed by atoms with Gasteiger partial charge in [0.25, 0.3) is 5.91 Å². The minimum atomic E-state index is -0.207. The van der Waals surface area contributed by atoms with E-state index in [0.717, 1.165) is 0 Å². The van der Waals surface area contributed by atoms with E-state index in [1.165, 1.54) is 4.90 Å². The van der Waals surface area contributed by atoms with Crippen LogP contribution in [0.3, 0.4) is 0 Å². The highest BCUT2D eigenvalue weighted by Crippen LogP contribution is 2.20. The molecule has 0 aliphatic heterocycles. The summed E-state index contributed by atoms with van der Waals surface area (Å²) in [6, 6.07) is 6.94. The zero-order valence-electron chi connectivity index (χ0n) is 10.3. The summed E-state index contributed by atoms with van der Waals surface area (Å²) in [5.74, 6) is -0.278. The zero-order valence-corrected chi connectivity index (χ0v) is 10.3. The van der Waals surface area contributed by atoms with Gasteiger partial charge in [-0.2, -0.15) is 5.26 Å². The summed E-state index contributed by atoms with van der Waals surface area (Å²) in [7, 11) is 1.65. The third-order valence-electron chi connectivity index (χ3n) is 2.65. The van der Waals surface area contributed by atoms with Gasteiger partial charge in [-0.1, -0.05) is 6.07 Å². The van der Waals surface area contributed by atoms with E-state index in [0.29, 0.717) is 17.7 Å². The van der Waals surface area contributed by atoms with E-state index >= 15 is 0 Å². The fourth-order valence-electron chi connectivity index (χ4n) is 1.60. The molecule has 4 heteroatoms. The molecule has 0 fully saturated rings. The fraction of sp³-hybridized carbons (Fsp3) is 0.385. The molecular formula is C13H16N2O2. The van der Waals surface area contributed by atoms with Gasteiger partial charge in [0.05, 0.1) is 12.0 Å². The summed E-state index contributed by atoms with van der Waals surface area (Å²) < 4.78 is 0. The van der Waals surface area contributed by atoms with E-state index in [2.05, 4.69) is 6.07 Å². The van der Waals surface area contributed by atoms with Crippen molar-refractivity contribution in [1.82, 2.24) is 4.90 Å². The second kappa shape index (κ2) is 5.35. The molecule has 0 saturated heterocycles. The number of carbonyl (C=O) groups is 1. The number of amides is 1. The lowest BCUT2D eigenvalue weighted by Gasteiger charge is -2.19. The first kappa shape index (κ1) is 13.0. The normalized spacial score (nSPS) is 11.6. The lowest BCUT2D eigenvalue weighted by molar-refractivity contribution is 0.0784. The first-order chi connectivity index (χ1) is 7.97. The smallest absolute Gasteiger partial charge is 0.254 e. The number of rotatable bonds is 3. The monoisotopic (exact) mass is 232 g/mol. The SMILES string of the molecule is Cc1c(O)cccc1C(=O)N(C)CC(C)C#N. The van der Waals surface area contributed by atoms with Crippen LogP contribution in [0.1, 0.15) is 22.8 Å². The highest BCUT2D eigenvalue weighted by Gasteiger charge is 2.17. The Balaban J connectivity index is 2.90. The second-order valence-electron chi connectivity index (χ2n) is 4.17. The van der Waals surface area contributed by atoms with Gasteiger partial charge in [0, 0.05) is 24.7 Å². The topological polar surface area (TPSA) is 64.3 Å². The molecule has 0 aliphatic carbocycles. The Morgan fingerprint density at radius 3 is 2.82 bits per heavy atom. The van der Waals surface area contributed by atoms with Crippen LogP contribution in [0.5, 0.6) is 5.75 Å². The van der Waals surface area contributed by atoms with Crippen molar-refractivity contribution < 1.29 is 9.90 Å². The molecule has 90 valence electrons. The Hall–Kier alpha value is -2.02. The van der Waals surface area contributed by atoms with Gasteiger partial charge >= 0.3 is 0 Å². The van der Waals surface area contributed by atoms with Gasteiger partial charge in [-0.15, -0.1) is 0 Å². The molecule has 4 nitrogen and oxygen atoms in total. The predicted octanol–water partition coefficient (Wildman–Crippen LogP) is 1.93. The van der Waals surface area contributed by atoms with Crippen molar-refractivity contribution >= 4 is 5.91 Å². The third-order valence-corrected chi connectivity index (χ3v) is 2.65. The molecule has 0 aromatic heterocycles. The summed E-state index contributed by atoms with van der Waals surface area (Å²) in [5, 5.41) is 18.2. The van der Waals surface area contributed by atoms with Gasteiger partial charge in [-0.05, 0) is 26.0 Å². The van der Waals surface area contributed by atoms with Crippen LogP contribution in [0.4, 0.5) is 0 Å². The van der Waals surface area contributed by atoms with Crippen LogP contribution < -0.4 is 0 Å². The molecule has 1 amide bonds. The Morgan fingerprint density at radius 1 is 1.59 bits per heavy atom. The number of hydrogen-bond donors (Lipinski definition) is 1. The highest BCUT2D eigenvalue weighted by atomic mass is 16.3. The van der Waals surface area contributed by atoms with E-state index < -0.39 is 0 Å². The summed E-state index contributed by atoms with van der Waals surface area (Å²) >= 11 is 0. The van der Waals surface area contributed by atoms with Crippen molar-refractivity contribution in [3.63, 3.8) is 0 Å². The predicted molar refractivity (Wildman–Crippen MR) is 64.6 cm³/mol. The number of nitriles is 1. The van der Waals surface area contributed by atoms with Crippen LogP contribution in [-0.2, 0) is 0 Å². The number of hydrogen-bond acceptors (Lipinski definition) is 3. The van der Waals surface area contributed by atoms with E-state index in [4.69, 9.17) is 5.26 Å². The number of phenols is 1. The maximum absolute atomic E-state index is 12.1. The first-order valence-electron chi connectivity index (χ1n) is 5.41. The first-order valence-corrected chi connectivity index (χ1v) is 5.41. The van der Waals surface area contributed by atoms with Gasteiger partial charge in [-0.3, -0.25) is 4.79 Å². The average Bonchev–Trinajstić information content (AvgIpc) is 2.31. The molecule has 0 spiro atoms. The highest BCUT2D eigenvalue weighted by molar-refractivity contribution is 5.96. The maximum Gasteiger partial charge on any atom is 0.254 e. The second-order valence-corrected chi connectivity index (χ2v) is 4.17. The van der Waals surface area contributed by atoms with Gasteiger partial charge < -0.3 is 10.0 Å². The van der Waals surface area contributed by atoms with Gasteiger partial charge in [0.2, 0.25) is 0 Å². The minimum absolute atomic E-state index is 0.109. The summed E-state index contributed by atoms with van der Waals surface area (Å²) in [6.07, 6.45) is 0. The van der Waals surface area contributed by atoms with E-state index in [1.807, 2.05) is 0 Å². The Labute approximate surface area is 101 Å². The van der Waals surface area contributed by atoms with Crippen LogP contribution in [0.15, 0.2) is 18.2 Å². The molecule has 1 aromatic rings. The molecule has 0 saturated carbocycles. The number of benzene rings is 1.